The lowest BCUT2D eigenvalue weighted by Gasteiger charge is -2.22. The number of amides is 1. The van der Waals surface area contributed by atoms with Gasteiger partial charge in [-0.05, 0) is 30.9 Å². The molecule has 1 amide bonds. The van der Waals surface area contributed by atoms with Crippen molar-refractivity contribution < 1.29 is 9.53 Å². The van der Waals surface area contributed by atoms with Crippen molar-refractivity contribution in [3.05, 3.63) is 42.4 Å². The third-order valence-corrected chi connectivity index (χ3v) is 3.61. The van der Waals surface area contributed by atoms with Crippen molar-refractivity contribution in [2.75, 3.05) is 19.8 Å². The number of rotatable bonds is 4. The van der Waals surface area contributed by atoms with Crippen LogP contribution in [0, 0.1) is 5.92 Å². The Morgan fingerprint density at radius 3 is 2.82 bits per heavy atom. The van der Waals surface area contributed by atoms with Crippen LogP contribution in [0.1, 0.15) is 23.2 Å². The maximum atomic E-state index is 12.1. The van der Waals surface area contributed by atoms with E-state index in [1.54, 1.807) is 6.20 Å². The predicted octanol–water partition coefficient (Wildman–Crippen LogP) is 1.70. The second-order valence-corrected chi connectivity index (χ2v) is 5.30. The zero-order valence-corrected chi connectivity index (χ0v) is 12.2. The van der Waals surface area contributed by atoms with E-state index in [1.165, 1.54) is 12.4 Å². The van der Waals surface area contributed by atoms with Crippen molar-refractivity contribution in [3.8, 4) is 11.5 Å². The average Bonchev–Trinajstić information content (AvgIpc) is 2.61. The molecule has 2 aromatic heterocycles. The van der Waals surface area contributed by atoms with Gasteiger partial charge in [0.05, 0.1) is 12.2 Å². The van der Waals surface area contributed by atoms with Crippen molar-refractivity contribution in [2.24, 2.45) is 5.92 Å². The number of nitrogens with one attached hydrogen (secondary N) is 1. The van der Waals surface area contributed by atoms with Crippen LogP contribution in [-0.2, 0) is 4.74 Å². The molecule has 0 bridgehead atoms. The average molecular weight is 298 g/mol. The molecule has 1 aliphatic rings. The van der Waals surface area contributed by atoms with Gasteiger partial charge < -0.3 is 10.1 Å². The first-order valence-corrected chi connectivity index (χ1v) is 7.42. The molecular weight excluding hydrogens is 280 g/mol. The van der Waals surface area contributed by atoms with Crippen molar-refractivity contribution in [1.82, 2.24) is 20.3 Å². The van der Waals surface area contributed by atoms with E-state index in [0.29, 0.717) is 29.5 Å². The summed E-state index contributed by atoms with van der Waals surface area (Å²) in [5, 5.41) is 2.91. The van der Waals surface area contributed by atoms with E-state index >= 15 is 0 Å². The van der Waals surface area contributed by atoms with Gasteiger partial charge in [-0.1, -0.05) is 6.07 Å². The van der Waals surface area contributed by atoms with Crippen molar-refractivity contribution >= 4 is 5.91 Å². The van der Waals surface area contributed by atoms with E-state index in [2.05, 4.69) is 20.3 Å². The fourth-order valence-corrected chi connectivity index (χ4v) is 2.38. The second kappa shape index (κ2) is 7.09. The Morgan fingerprint density at radius 2 is 2.14 bits per heavy atom. The largest absolute Gasteiger partial charge is 0.381 e. The molecule has 6 nitrogen and oxygen atoms in total. The van der Waals surface area contributed by atoms with Gasteiger partial charge in [-0.2, -0.15) is 0 Å². The third-order valence-electron chi connectivity index (χ3n) is 3.61. The number of carbonyl (C=O) groups is 1. The maximum Gasteiger partial charge on any atom is 0.254 e. The van der Waals surface area contributed by atoms with Gasteiger partial charge >= 0.3 is 0 Å². The van der Waals surface area contributed by atoms with Gasteiger partial charge in [-0.15, -0.1) is 0 Å². The normalized spacial score (nSPS) is 17.9. The standard InChI is InChI=1S/C16H18N4O2/c21-16(20-8-12-4-3-7-22-11-12)13-9-18-15(19-10-13)14-5-1-2-6-17-14/h1-2,5-6,9-10,12H,3-4,7-8,11H2,(H,20,21)/t12-/m0/s1. The fourth-order valence-electron chi connectivity index (χ4n) is 2.38. The summed E-state index contributed by atoms with van der Waals surface area (Å²) in [5.74, 6) is 0.752. The fraction of sp³-hybridized carbons (Fsp3) is 0.375. The molecule has 0 radical (unpaired) electrons. The molecule has 0 spiro atoms. The minimum Gasteiger partial charge on any atom is -0.381 e. The van der Waals surface area contributed by atoms with E-state index in [4.69, 9.17) is 4.74 Å². The molecule has 0 aliphatic carbocycles. The molecule has 22 heavy (non-hydrogen) atoms. The second-order valence-electron chi connectivity index (χ2n) is 5.30. The van der Waals surface area contributed by atoms with E-state index in [9.17, 15) is 4.79 Å². The molecule has 2 aromatic rings. The van der Waals surface area contributed by atoms with Crippen molar-refractivity contribution in [2.45, 2.75) is 12.8 Å². The SMILES string of the molecule is O=C(NC[C@@H]1CCCOC1)c1cnc(-c2ccccn2)nc1. The van der Waals surface area contributed by atoms with E-state index in [0.717, 1.165) is 26.1 Å². The molecule has 1 atom stereocenters. The van der Waals surface area contributed by atoms with Gasteiger partial charge in [0, 0.05) is 31.7 Å². The van der Waals surface area contributed by atoms with E-state index < -0.39 is 0 Å². The molecule has 3 heterocycles. The van der Waals surface area contributed by atoms with Crippen LogP contribution in [0.25, 0.3) is 11.5 Å². The smallest absolute Gasteiger partial charge is 0.254 e. The number of pyridine rings is 1. The Labute approximate surface area is 129 Å². The summed E-state index contributed by atoms with van der Waals surface area (Å²) in [4.78, 5) is 24.7. The summed E-state index contributed by atoms with van der Waals surface area (Å²) < 4.78 is 5.40. The topological polar surface area (TPSA) is 77.0 Å². The molecule has 1 aliphatic heterocycles. The highest BCUT2D eigenvalue weighted by Crippen LogP contribution is 2.13. The van der Waals surface area contributed by atoms with E-state index in [1.807, 2.05) is 18.2 Å². The van der Waals surface area contributed by atoms with Crippen molar-refractivity contribution in [3.63, 3.8) is 0 Å². The first-order valence-electron chi connectivity index (χ1n) is 7.42. The first-order chi connectivity index (χ1) is 10.8. The molecule has 1 N–H and O–H groups in total. The Balaban J connectivity index is 1.59. The highest BCUT2D eigenvalue weighted by Gasteiger charge is 2.15. The van der Waals surface area contributed by atoms with Gasteiger partial charge in [0.15, 0.2) is 5.82 Å². The zero-order valence-electron chi connectivity index (χ0n) is 12.2. The molecule has 6 heteroatoms. The molecule has 3 rings (SSSR count). The minimum absolute atomic E-state index is 0.154. The van der Waals surface area contributed by atoms with Crippen LogP contribution in [0.15, 0.2) is 36.8 Å². The first kappa shape index (κ1) is 14.6. The number of ether oxygens (including phenoxy) is 1. The summed E-state index contributed by atoms with van der Waals surface area (Å²) >= 11 is 0. The Bertz CT molecular complexity index is 610. The highest BCUT2D eigenvalue weighted by molar-refractivity contribution is 5.93. The number of carbonyl (C=O) groups excluding carboxylic acids is 1. The molecule has 0 aromatic carbocycles. The minimum atomic E-state index is -0.154. The summed E-state index contributed by atoms with van der Waals surface area (Å²) in [6.45, 7) is 2.17. The predicted molar refractivity (Wildman–Crippen MR) is 81.1 cm³/mol. The number of aromatic nitrogens is 3. The highest BCUT2D eigenvalue weighted by atomic mass is 16.5. The van der Waals surface area contributed by atoms with Crippen LogP contribution >= 0.6 is 0 Å². The number of hydrogen-bond acceptors (Lipinski definition) is 5. The van der Waals surface area contributed by atoms with Gasteiger partial charge in [-0.3, -0.25) is 9.78 Å². The van der Waals surface area contributed by atoms with Crippen LogP contribution in [0.4, 0.5) is 0 Å². The molecule has 114 valence electrons. The van der Waals surface area contributed by atoms with Gasteiger partial charge in [0.25, 0.3) is 5.91 Å². The van der Waals surface area contributed by atoms with Crippen LogP contribution in [0.3, 0.4) is 0 Å². The summed E-state index contributed by atoms with van der Waals surface area (Å²) in [5.41, 5.74) is 1.14. The lowest BCUT2D eigenvalue weighted by molar-refractivity contribution is 0.0536. The van der Waals surface area contributed by atoms with Crippen LogP contribution in [0.5, 0.6) is 0 Å². The third kappa shape index (κ3) is 3.65. The zero-order chi connectivity index (χ0) is 15.2. The van der Waals surface area contributed by atoms with Crippen molar-refractivity contribution in [1.29, 1.82) is 0 Å². The molecule has 1 fully saturated rings. The van der Waals surface area contributed by atoms with Gasteiger partial charge in [-0.25, -0.2) is 9.97 Å². The lowest BCUT2D eigenvalue weighted by atomic mass is 10.0. The number of hydrogen-bond donors (Lipinski definition) is 1. The van der Waals surface area contributed by atoms with Gasteiger partial charge in [0.1, 0.15) is 5.69 Å². The summed E-state index contributed by atoms with van der Waals surface area (Å²) in [6, 6.07) is 5.54. The maximum absolute atomic E-state index is 12.1. The number of nitrogens with zero attached hydrogens (tertiary/aromatic N) is 3. The molecule has 0 unspecified atom stereocenters. The quantitative estimate of drug-likeness (QED) is 0.929. The lowest BCUT2D eigenvalue weighted by Crippen LogP contribution is -2.33. The summed E-state index contributed by atoms with van der Waals surface area (Å²) in [7, 11) is 0. The Kier molecular flexibility index (Phi) is 4.70. The van der Waals surface area contributed by atoms with Crippen LogP contribution in [0.2, 0.25) is 0 Å². The Hall–Kier alpha value is -2.34. The monoisotopic (exact) mass is 298 g/mol. The van der Waals surface area contributed by atoms with Crippen LogP contribution in [-0.4, -0.2) is 40.6 Å². The summed E-state index contributed by atoms with van der Waals surface area (Å²) in [6.07, 6.45) is 6.90. The van der Waals surface area contributed by atoms with Crippen LogP contribution < -0.4 is 5.32 Å². The van der Waals surface area contributed by atoms with E-state index in [-0.39, 0.29) is 5.91 Å². The molecule has 0 saturated carbocycles. The molecular formula is C16H18N4O2. The molecule has 1 saturated heterocycles. The van der Waals surface area contributed by atoms with Gasteiger partial charge in [0.2, 0.25) is 0 Å². The Morgan fingerprint density at radius 1 is 1.27 bits per heavy atom.